The second kappa shape index (κ2) is 10.5. The molecular formula is C34H38FN3O5S. The number of benzene rings is 1. The summed E-state index contributed by atoms with van der Waals surface area (Å²) in [5.41, 5.74) is 1.75. The largest absolute Gasteiger partial charge is 0.449 e. The van der Waals surface area contributed by atoms with Crippen LogP contribution in [0, 0.1) is 51.6 Å². The summed E-state index contributed by atoms with van der Waals surface area (Å²) in [7, 11) is 0. The molecule has 0 aliphatic heterocycles. The van der Waals surface area contributed by atoms with Crippen molar-refractivity contribution in [3.8, 4) is 11.8 Å². The van der Waals surface area contributed by atoms with Crippen LogP contribution in [0.15, 0.2) is 30.0 Å². The molecule has 44 heavy (non-hydrogen) atoms. The summed E-state index contributed by atoms with van der Waals surface area (Å²) in [5, 5.41) is 35.3. The van der Waals surface area contributed by atoms with Crippen molar-refractivity contribution < 1.29 is 28.9 Å². The number of esters is 1. The molecule has 1 heterocycles. The molecule has 4 fully saturated rings. The highest BCUT2D eigenvalue weighted by molar-refractivity contribution is 8.14. The van der Waals surface area contributed by atoms with Crippen LogP contribution in [-0.2, 0) is 27.4 Å². The Bertz CT molecular complexity index is 1610. The molecular weight excluding hydrogens is 581 g/mol. The summed E-state index contributed by atoms with van der Waals surface area (Å²) >= 11 is 0.933. The fourth-order valence-corrected chi connectivity index (χ4v) is 10.3. The van der Waals surface area contributed by atoms with Gasteiger partial charge in [-0.05, 0) is 104 Å². The normalized spacial score (nSPS) is 35.4. The minimum Gasteiger partial charge on any atom is -0.449 e. The number of halogens is 1. The van der Waals surface area contributed by atoms with Gasteiger partial charge in [-0.1, -0.05) is 31.2 Å². The molecule has 10 heteroatoms. The van der Waals surface area contributed by atoms with Gasteiger partial charge in [-0.3, -0.25) is 9.59 Å². The van der Waals surface area contributed by atoms with Gasteiger partial charge in [0.05, 0.1) is 48.0 Å². The first-order chi connectivity index (χ1) is 21.1. The lowest BCUT2D eigenvalue weighted by Crippen LogP contribution is -2.62. The molecule has 2 aromatic rings. The lowest BCUT2D eigenvalue weighted by atomic mass is 9.45. The fraction of sp³-hybridized carbons (Fsp3) is 0.588. The first-order valence-corrected chi connectivity index (χ1v) is 16.7. The van der Waals surface area contributed by atoms with Gasteiger partial charge in [0.15, 0.2) is 5.60 Å². The van der Waals surface area contributed by atoms with E-state index in [1.54, 1.807) is 16.8 Å². The van der Waals surface area contributed by atoms with Gasteiger partial charge in [0, 0.05) is 11.0 Å². The van der Waals surface area contributed by atoms with Gasteiger partial charge < -0.3 is 14.9 Å². The molecule has 1 aromatic heterocycles. The number of hydrogen-bond donors (Lipinski definition) is 2. The van der Waals surface area contributed by atoms with E-state index in [1.807, 2.05) is 19.2 Å². The second-order valence-corrected chi connectivity index (χ2v) is 14.9. The van der Waals surface area contributed by atoms with Gasteiger partial charge in [-0.25, -0.2) is 9.07 Å². The van der Waals surface area contributed by atoms with Crippen molar-refractivity contribution in [1.29, 1.82) is 5.26 Å². The number of nitrogens with zero attached hydrogens (tertiary/aromatic N) is 3. The van der Waals surface area contributed by atoms with Crippen molar-refractivity contribution in [1.82, 2.24) is 9.78 Å². The zero-order valence-electron chi connectivity index (χ0n) is 25.1. The summed E-state index contributed by atoms with van der Waals surface area (Å²) in [6.45, 7) is 3.88. The highest BCUT2D eigenvalue weighted by atomic mass is 32.2. The Balaban J connectivity index is 1.22. The Morgan fingerprint density at radius 1 is 1.25 bits per heavy atom. The molecule has 7 rings (SSSR count). The van der Waals surface area contributed by atoms with Gasteiger partial charge in [0.25, 0.3) is 0 Å². The SMILES string of the molecule is CC12Cc3cnn(-c4ccc(F)c(CO)c4)c3C=C1CCC1[C@@H]2C(O)CC2(C)[C@H]1CCC2(OC(=O)C1CC1)C(=O)SCC#N. The average molecular weight is 620 g/mol. The van der Waals surface area contributed by atoms with Crippen molar-refractivity contribution in [3.63, 3.8) is 0 Å². The lowest BCUT2D eigenvalue weighted by molar-refractivity contribution is -0.197. The third-order valence-corrected chi connectivity index (χ3v) is 12.6. The molecule has 1 aromatic carbocycles. The topological polar surface area (TPSA) is 125 Å². The number of aliphatic hydroxyl groups is 2. The first kappa shape index (κ1) is 29.7. The van der Waals surface area contributed by atoms with E-state index in [2.05, 4.69) is 18.1 Å². The quantitative estimate of drug-likeness (QED) is 0.427. The minimum atomic E-state index is -1.34. The van der Waals surface area contributed by atoms with Crippen LogP contribution in [0.3, 0.4) is 0 Å². The Kier molecular flexibility index (Phi) is 7.11. The molecule has 5 aliphatic rings. The van der Waals surface area contributed by atoms with E-state index in [9.17, 15) is 29.5 Å². The standard InChI is InChI=1S/C34H38FN3O5S/c1-32-15-21-17-37-38(23-6-8-26(35)20(13-23)18-39)27(21)14-22(32)5-7-24-25-9-10-34(31(42)44-12-11-36,43-30(41)19-3-4-19)33(25,2)16-28(40)29(24)32/h6,8,13-14,17,19,24-25,28-29,39-40H,3-5,7,9-10,12,15-16,18H2,1-2H3/t24?,25-,28?,29+,32?,33?,34?/m0/s1. The van der Waals surface area contributed by atoms with E-state index in [-0.39, 0.29) is 51.5 Å². The van der Waals surface area contributed by atoms with Crippen LogP contribution >= 0.6 is 11.8 Å². The van der Waals surface area contributed by atoms with Crippen LogP contribution < -0.4 is 0 Å². The van der Waals surface area contributed by atoms with Gasteiger partial charge in [-0.2, -0.15) is 10.4 Å². The van der Waals surface area contributed by atoms with E-state index in [0.29, 0.717) is 24.9 Å². The van der Waals surface area contributed by atoms with Crippen LogP contribution in [-0.4, -0.2) is 48.5 Å². The van der Waals surface area contributed by atoms with Crippen LogP contribution in [0.5, 0.6) is 0 Å². The summed E-state index contributed by atoms with van der Waals surface area (Å²) in [6, 6.07) is 6.68. The summed E-state index contributed by atoms with van der Waals surface area (Å²) in [4.78, 5) is 26.9. The third kappa shape index (κ3) is 4.26. The molecule has 5 unspecified atom stereocenters. The monoisotopic (exact) mass is 619 g/mol. The van der Waals surface area contributed by atoms with E-state index in [0.717, 1.165) is 55.1 Å². The average Bonchev–Trinajstić information content (AvgIpc) is 3.72. The number of fused-ring (bicyclic) bond motifs is 6. The second-order valence-electron chi connectivity index (χ2n) is 14.0. The number of ether oxygens (including phenoxy) is 1. The highest BCUT2D eigenvalue weighted by Crippen LogP contribution is 2.69. The van der Waals surface area contributed by atoms with Crippen LogP contribution in [0.25, 0.3) is 11.8 Å². The maximum Gasteiger partial charge on any atom is 0.309 e. The zero-order valence-corrected chi connectivity index (χ0v) is 25.9. The molecule has 232 valence electrons. The van der Waals surface area contributed by atoms with Crippen molar-refractivity contribution in [2.45, 2.75) is 83.5 Å². The smallest absolute Gasteiger partial charge is 0.309 e. The lowest BCUT2D eigenvalue weighted by Gasteiger charge is -2.60. The maximum absolute atomic E-state index is 14.1. The van der Waals surface area contributed by atoms with Crippen molar-refractivity contribution in [2.75, 3.05) is 5.75 Å². The molecule has 2 N–H and O–H groups in total. The minimum absolute atomic E-state index is 0.00159. The molecule has 4 saturated carbocycles. The molecule has 0 radical (unpaired) electrons. The number of carbonyl (C=O) groups excluding carboxylic acids is 2. The molecule has 0 bridgehead atoms. The van der Waals surface area contributed by atoms with Gasteiger partial charge in [0.2, 0.25) is 5.12 Å². The van der Waals surface area contributed by atoms with E-state index in [4.69, 9.17) is 4.74 Å². The summed E-state index contributed by atoms with van der Waals surface area (Å²) in [5.74, 6) is -0.745. The number of hydrogen-bond acceptors (Lipinski definition) is 8. The van der Waals surface area contributed by atoms with Crippen LogP contribution in [0.4, 0.5) is 4.39 Å². The maximum atomic E-state index is 14.1. The molecule has 0 amide bonds. The molecule has 8 nitrogen and oxygen atoms in total. The number of allylic oxidation sites excluding steroid dienone is 1. The predicted molar refractivity (Wildman–Crippen MR) is 162 cm³/mol. The number of nitriles is 1. The van der Waals surface area contributed by atoms with Gasteiger partial charge in [-0.15, -0.1) is 0 Å². The Labute approximate surface area is 260 Å². The molecule has 0 spiro atoms. The summed E-state index contributed by atoms with van der Waals surface area (Å²) in [6.07, 6.45) is 8.76. The third-order valence-electron chi connectivity index (χ3n) is 11.8. The van der Waals surface area contributed by atoms with E-state index in [1.165, 1.54) is 11.6 Å². The number of rotatable bonds is 6. The van der Waals surface area contributed by atoms with Crippen molar-refractivity contribution in [3.05, 3.63) is 52.6 Å². The van der Waals surface area contributed by atoms with Gasteiger partial charge >= 0.3 is 5.97 Å². The Morgan fingerprint density at radius 3 is 2.77 bits per heavy atom. The van der Waals surface area contributed by atoms with Crippen LogP contribution in [0.1, 0.15) is 75.6 Å². The first-order valence-electron chi connectivity index (χ1n) is 15.7. The van der Waals surface area contributed by atoms with Crippen LogP contribution in [0.2, 0.25) is 0 Å². The predicted octanol–water partition coefficient (Wildman–Crippen LogP) is 5.13. The summed E-state index contributed by atoms with van der Waals surface area (Å²) < 4.78 is 22.1. The molecule has 5 aliphatic carbocycles. The van der Waals surface area contributed by atoms with E-state index >= 15 is 0 Å². The highest BCUT2D eigenvalue weighted by Gasteiger charge is 2.71. The fourth-order valence-electron chi connectivity index (χ4n) is 9.53. The van der Waals surface area contributed by atoms with Crippen molar-refractivity contribution >= 4 is 28.9 Å². The van der Waals surface area contributed by atoms with Gasteiger partial charge in [0.1, 0.15) is 5.82 Å². The number of aromatic nitrogens is 2. The number of aliphatic hydroxyl groups excluding tert-OH is 2. The molecule has 0 saturated heterocycles. The number of carbonyl (C=O) groups is 2. The zero-order chi connectivity index (χ0) is 31.0. The van der Waals surface area contributed by atoms with Crippen molar-refractivity contribution in [2.24, 2.45) is 34.5 Å². The Morgan fingerprint density at radius 2 is 2.05 bits per heavy atom. The van der Waals surface area contributed by atoms with E-state index < -0.39 is 29.5 Å². The molecule has 7 atom stereocenters. The number of thioether (sulfide) groups is 1. The Hall–Kier alpha value is -3.00.